The van der Waals surface area contributed by atoms with E-state index in [1.165, 1.54) is 70.9 Å². The molecule has 10 rings (SSSR count). The van der Waals surface area contributed by atoms with Crippen LogP contribution in [0.1, 0.15) is 23.1 Å². The molecule has 0 spiro atoms. The first-order chi connectivity index (χ1) is 23.8. The lowest BCUT2D eigenvalue weighted by molar-refractivity contribution is 0.394. The predicted octanol–water partition coefficient (Wildman–Crippen LogP) is 11.2. The zero-order chi connectivity index (χ0) is 31.8. The summed E-state index contributed by atoms with van der Waals surface area (Å²) in [7, 11) is 0. The molecule has 9 aromatic rings. The van der Waals surface area contributed by atoms with Crippen LogP contribution in [0.25, 0.3) is 59.8 Å². The van der Waals surface area contributed by atoms with Crippen molar-refractivity contribution in [2.75, 3.05) is 17.2 Å². The molecule has 0 aliphatic carbocycles. The summed E-state index contributed by atoms with van der Waals surface area (Å²) in [5.74, 6) is 0.317. The average molecular weight is 616 g/mol. The van der Waals surface area contributed by atoms with Crippen molar-refractivity contribution in [2.45, 2.75) is 12.0 Å². The zero-order valence-electron chi connectivity index (χ0n) is 26.4. The molecular formula is C45H33N3. The van der Waals surface area contributed by atoms with E-state index in [1.54, 1.807) is 0 Å². The maximum atomic E-state index is 6.54. The number of nitrogen functional groups attached to an aromatic ring is 1. The van der Waals surface area contributed by atoms with Crippen LogP contribution >= 0.6 is 0 Å². The summed E-state index contributed by atoms with van der Waals surface area (Å²) in [6.07, 6.45) is 0. The van der Waals surface area contributed by atoms with Crippen LogP contribution in [0.4, 0.5) is 11.4 Å². The molecular weight excluding hydrogens is 583 g/mol. The summed E-state index contributed by atoms with van der Waals surface area (Å²) in [4.78, 5) is 2.47. The summed E-state index contributed by atoms with van der Waals surface area (Å²) in [5.41, 5.74) is 14.8. The van der Waals surface area contributed by atoms with Gasteiger partial charge in [-0.25, -0.2) is 0 Å². The summed E-state index contributed by atoms with van der Waals surface area (Å²) in [6.45, 7) is 0.907. The van der Waals surface area contributed by atoms with Gasteiger partial charge in [0.15, 0.2) is 0 Å². The summed E-state index contributed by atoms with van der Waals surface area (Å²) in [6, 6.07) is 59.9. The summed E-state index contributed by atoms with van der Waals surface area (Å²) < 4.78 is 2.50. The fourth-order valence-corrected chi connectivity index (χ4v) is 8.48. The smallest absolute Gasteiger partial charge is 0.0629 e. The maximum Gasteiger partial charge on any atom is 0.0629 e. The van der Waals surface area contributed by atoms with E-state index in [0.29, 0.717) is 5.92 Å². The van der Waals surface area contributed by atoms with Crippen molar-refractivity contribution in [3.05, 3.63) is 175 Å². The van der Waals surface area contributed by atoms with Gasteiger partial charge in [-0.15, -0.1) is 0 Å². The summed E-state index contributed by atoms with van der Waals surface area (Å²) in [5, 5.41) is 10.3. The van der Waals surface area contributed by atoms with Gasteiger partial charge in [-0.2, -0.15) is 0 Å². The Bertz CT molecular complexity index is 2590. The van der Waals surface area contributed by atoms with Crippen LogP contribution in [-0.4, -0.2) is 11.1 Å². The standard InChI is InChI=1S/C45H33N3/c46-38-21-8-9-22-40(38)47-28-37(45(47)31-14-2-1-3-15-31)35-18-10-20-36-34(35)19-11-23-39(36)48-41-26-24-29-12-4-6-16-32(29)43(41)44-33-17-7-5-13-30(33)25-27-42(44)48/h1-27,37,45H,28,46H2/t37-,45?/m0/s1. The lowest BCUT2D eigenvalue weighted by Crippen LogP contribution is -2.48. The maximum absolute atomic E-state index is 6.54. The largest absolute Gasteiger partial charge is 0.397 e. The quantitative estimate of drug-likeness (QED) is 0.200. The Balaban J connectivity index is 1.21. The first-order valence-corrected chi connectivity index (χ1v) is 16.8. The Kier molecular flexibility index (Phi) is 5.91. The molecule has 1 fully saturated rings. The molecule has 228 valence electrons. The van der Waals surface area contributed by atoms with Gasteiger partial charge in [0.2, 0.25) is 0 Å². The highest BCUT2D eigenvalue weighted by atomic mass is 15.2. The van der Waals surface area contributed by atoms with Crippen molar-refractivity contribution >= 4 is 65.5 Å². The van der Waals surface area contributed by atoms with Gasteiger partial charge in [0, 0.05) is 28.6 Å². The Hall–Kier alpha value is -6.06. The van der Waals surface area contributed by atoms with Crippen LogP contribution in [0.2, 0.25) is 0 Å². The first kappa shape index (κ1) is 27.1. The molecule has 1 aliphatic rings. The Morgan fingerprint density at radius 2 is 1.02 bits per heavy atom. The second kappa shape index (κ2) is 10.5. The molecule has 0 bridgehead atoms. The van der Waals surface area contributed by atoms with Gasteiger partial charge in [-0.05, 0) is 68.4 Å². The van der Waals surface area contributed by atoms with Crippen LogP contribution in [-0.2, 0) is 0 Å². The monoisotopic (exact) mass is 615 g/mol. The Morgan fingerprint density at radius 1 is 0.458 bits per heavy atom. The molecule has 1 saturated heterocycles. The van der Waals surface area contributed by atoms with Gasteiger partial charge < -0.3 is 15.2 Å². The normalized spacial score (nSPS) is 16.3. The SMILES string of the molecule is Nc1ccccc1N1C[C@@H](c2cccc3c(-n4c5ccc6ccccc6c5c5c6ccccc6ccc54)cccc23)C1c1ccccc1. The Morgan fingerprint density at radius 3 is 1.73 bits per heavy atom. The molecule has 1 aromatic heterocycles. The number of hydrogen-bond donors (Lipinski definition) is 1. The van der Waals surface area contributed by atoms with Crippen LogP contribution in [0.15, 0.2) is 164 Å². The molecule has 0 radical (unpaired) electrons. The number of anilines is 2. The topological polar surface area (TPSA) is 34.2 Å². The van der Waals surface area contributed by atoms with Gasteiger partial charge in [0.25, 0.3) is 0 Å². The number of nitrogens with two attached hydrogens (primary N) is 1. The molecule has 1 unspecified atom stereocenters. The van der Waals surface area contributed by atoms with Gasteiger partial charge >= 0.3 is 0 Å². The fourth-order valence-electron chi connectivity index (χ4n) is 8.48. The van der Waals surface area contributed by atoms with E-state index in [2.05, 4.69) is 161 Å². The minimum atomic E-state index is 0.191. The van der Waals surface area contributed by atoms with Crippen molar-refractivity contribution in [3.8, 4) is 5.69 Å². The molecule has 2 atom stereocenters. The van der Waals surface area contributed by atoms with Crippen LogP contribution in [0.5, 0.6) is 0 Å². The van der Waals surface area contributed by atoms with Gasteiger partial charge in [-0.3, -0.25) is 0 Å². The van der Waals surface area contributed by atoms with Crippen LogP contribution < -0.4 is 10.6 Å². The minimum absolute atomic E-state index is 0.191. The van der Waals surface area contributed by atoms with E-state index in [0.717, 1.165) is 17.9 Å². The van der Waals surface area contributed by atoms with Gasteiger partial charge in [-0.1, -0.05) is 133 Å². The molecule has 2 N–H and O–H groups in total. The third-order valence-corrected chi connectivity index (χ3v) is 10.6. The number of para-hydroxylation sites is 2. The van der Waals surface area contributed by atoms with Crippen molar-refractivity contribution in [3.63, 3.8) is 0 Å². The van der Waals surface area contributed by atoms with Crippen molar-refractivity contribution < 1.29 is 0 Å². The molecule has 3 nitrogen and oxygen atoms in total. The number of benzene rings is 8. The van der Waals surface area contributed by atoms with Crippen molar-refractivity contribution in [1.82, 2.24) is 4.57 Å². The van der Waals surface area contributed by atoms with Gasteiger partial charge in [0.1, 0.15) is 0 Å². The van der Waals surface area contributed by atoms with E-state index in [4.69, 9.17) is 5.73 Å². The van der Waals surface area contributed by atoms with Crippen molar-refractivity contribution in [2.24, 2.45) is 0 Å². The molecule has 8 aromatic carbocycles. The number of nitrogens with zero attached hydrogens (tertiary/aromatic N) is 2. The first-order valence-electron chi connectivity index (χ1n) is 16.8. The summed E-state index contributed by atoms with van der Waals surface area (Å²) >= 11 is 0. The number of fused-ring (bicyclic) bond motifs is 8. The molecule has 1 aliphatic heterocycles. The third kappa shape index (κ3) is 3.88. The van der Waals surface area contributed by atoms with Crippen molar-refractivity contribution in [1.29, 1.82) is 0 Å². The predicted molar refractivity (Wildman–Crippen MR) is 203 cm³/mol. The average Bonchev–Trinajstić information content (AvgIpc) is 3.47. The highest BCUT2D eigenvalue weighted by Crippen LogP contribution is 2.51. The third-order valence-electron chi connectivity index (χ3n) is 10.6. The Labute approximate surface area is 279 Å². The highest BCUT2D eigenvalue weighted by Gasteiger charge is 2.42. The van der Waals surface area contributed by atoms with Crippen LogP contribution in [0.3, 0.4) is 0 Å². The lowest BCUT2D eigenvalue weighted by Gasteiger charge is -2.51. The van der Waals surface area contributed by atoms with E-state index in [-0.39, 0.29) is 6.04 Å². The number of aromatic nitrogens is 1. The fraction of sp³-hybridized carbons (Fsp3) is 0.0667. The molecule has 2 heterocycles. The number of hydrogen-bond acceptors (Lipinski definition) is 2. The van der Waals surface area contributed by atoms with E-state index in [1.807, 2.05) is 12.1 Å². The minimum Gasteiger partial charge on any atom is -0.397 e. The zero-order valence-corrected chi connectivity index (χ0v) is 26.4. The molecule has 0 amide bonds. The molecule has 0 saturated carbocycles. The van der Waals surface area contributed by atoms with Crippen LogP contribution in [0, 0.1) is 0 Å². The second-order valence-electron chi connectivity index (χ2n) is 13.1. The molecule has 48 heavy (non-hydrogen) atoms. The second-order valence-corrected chi connectivity index (χ2v) is 13.1. The van der Waals surface area contributed by atoms with E-state index in [9.17, 15) is 0 Å². The van der Waals surface area contributed by atoms with Gasteiger partial charge in [0.05, 0.1) is 34.1 Å². The van der Waals surface area contributed by atoms with E-state index < -0.39 is 0 Å². The van der Waals surface area contributed by atoms with E-state index >= 15 is 0 Å². The number of rotatable bonds is 4. The lowest BCUT2D eigenvalue weighted by atomic mass is 9.76. The highest BCUT2D eigenvalue weighted by molar-refractivity contribution is 6.28. The molecule has 3 heteroatoms.